The van der Waals surface area contributed by atoms with Crippen molar-refractivity contribution in [2.45, 2.75) is 44.4 Å². The number of carbonyl (C=O) groups is 2. The second kappa shape index (κ2) is 7.82. The smallest absolute Gasteiger partial charge is 0.417 e. The van der Waals surface area contributed by atoms with Crippen LogP contribution in [0.2, 0.25) is 0 Å². The van der Waals surface area contributed by atoms with Gasteiger partial charge in [0, 0.05) is 18.6 Å². The Labute approximate surface area is 178 Å². The highest BCUT2D eigenvalue weighted by Gasteiger charge is 2.52. The van der Waals surface area contributed by atoms with Gasteiger partial charge in [0.25, 0.3) is 11.6 Å². The maximum absolute atomic E-state index is 13.2. The number of cyclic esters (lactones) is 1. The number of carbonyl (C=O) groups excluding carboxylic acids is 2. The third-order valence-corrected chi connectivity index (χ3v) is 5.53. The fourth-order valence-electron chi connectivity index (χ4n) is 3.81. The Bertz CT molecular complexity index is 1050. The van der Waals surface area contributed by atoms with Gasteiger partial charge in [0.1, 0.15) is 5.60 Å². The fourth-order valence-corrected chi connectivity index (χ4v) is 3.81. The van der Waals surface area contributed by atoms with Crippen molar-refractivity contribution in [2.24, 2.45) is 5.16 Å². The van der Waals surface area contributed by atoms with E-state index in [4.69, 9.17) is 9.57 Å². The summed E-state index contributed by atoms with van der Waals surface area (Å²) >= 11 is 0. The van der Waals surface area contributed by atoms with E-state index in [1.165, 1.54) is 12.1 Å². The summed E-state index contributed by atoms with van der Waals surface area (Å²) in [5.41, 5.74) is 1.18. The predicted octanol–water partition coefficient (Wildman–Crippen LogP) is 3.46. The van der Waals surface area contributed by atoms with Gasteiger partial charge >= 0.3 is 6.09 Å². The molecule has 1 fully saturated rings. The molecule has 2 atom stereocenters. The maximum atomic E-state index is 13.2. The first-order valence-corrected chi connectivity index (χ1v) is 9.84. The van der Waals surface area contributed by atoms with E-state index in [-0.39, 0.29) is 12.1 Å². The van der Waals surface area contributed by atoms with Crippen molar-refractivity contribution in [3.05, 3.63) is 75.8 Å². The topological polar surface area (TPSA) is 111 Å². The highest BCUT2D eigenvalue weighted by Crippen LogP contribution is 2.33. The molecule has 0 unspecified atom stereocenters. The van der Waals surface area contributed by atoms with Crippen molar-refractivity contribution >= 4 is 23.4 Å². The van der Waals surface area contributed by atoms with Gasteiger partial charge < -0.3 is 9.57 Å². The standard InChI is InChI=1S/C22H21N3O6/c1-22(2)19(12-14-6-4-3-5-7-14)24(21(27)30-22)20(26)18-13-17(23-31-18)15-8-10-16(11-9-15)25(28)29/h3-11,18-19H,12-13H2,1-2H3/t18-,19+/m1/s1. The number of rotatable bonds is 5. The first-order chi connectivity index (χ1) is 14.8. The molecule has 2 aromatic carbocycles. The molecule has 2 amide bonds. The molecule has 0 bridgehead atoms. The number of ether oxygens (including phenoxy) is 1. The summed E-state index contributed by atoms with van der Waals surface area (Å²) in [7, 11) is 0. The number of hydrogen-bond acceptors (Lipinski definition) is 7. The van der Waals surface area contributed by atoms with Gasteiger partial charge in [-0.2, -0.15) is 0 Å². The van der Waals surface area contributed by atoms with Crippen LogP contribution in [0.5, 0.6) is 0 Å². The van der Waals surface area contributed by atoms with Gasteiger partial charge in [-0.25, -0.2) is 9.69 Å². The zero-order valence-corrected chi connectivity index (χ0v) is 17.1. The van der Waals surface area contributed by atoms with Crippen LogP contribution in [0.25, 0.3) is 0 Å². The largest absolute Gasteiger partial charge is 0.441 e. The number of oxime groups is 1. The van der Waals surface area contributed by atoms with Gasteiger partial charge in [-0.3, -0.25) is 14.9 Å². The van der Waals surface area contributed by atoms with Crippen molar-refractivity contribution in [1.29, 1.82) is 0 Å². The number of nitro groups is 1. The molecule has 160 valence electrons. The summed E-state index contributed by atoms with van der Waals surface area (Å²) in [6.45, 7) is 3.56. The van der Waals surface area contributed by atoms with E-state index in [9.17, 15) is 19.7 Å². The van der Waals surface area contributed by atoms with Crippen LogP contribution in [-0.4, -0.2) is 45.3 Å². The number of non-ortho nitro benzene ring substituents is 1. The summed E-state index contributed by atoms with van der Waals surface area (Å²) in [6.07, 6.45) is -1.07. The van der Waals surface area contributed by atoms with Crippen molar-refractivity contribution < 1.29 is 24.1 Å². The number of imide groups is 1. The van der Waals surface area contributed by atoms with Gasteiger partial charge in [0.05, 0.1) is 16.7 Å². The normalized spacial score (nSPS) is 21.9. The molecular formula is C22H21N3O6. The molecule has 0 aliphatic carbocycles. The van der Waals surface area contributed by atoms with Crippen LogP contribution in [0.3, 0.4) is 0 Å². The Morgan fingerprint density at radius 3 is 2.52 bits per heavy atom. The van der Waals surface area contributed by atoms with E-state index in [0.717, 1.165) is 10.5 Å². The molecule has 9 heteroatoms. The van der Waals surface area contributed by atoms with Crippen LogP contribution < -0.4 is 0 Å². The minimum atomic E-state index is -0.968. The molecule has 2 aromatic rings. The maximum Gasteiger partial charge on any atom is 0.417 e. The van der Waals surface area contributed by atoms with Crippen LogP contribution in [0, 0.1) is 10.1 Å². The number of nitro benzene ring substituents is 1. The van der Waals surface area contributed by atoms with E-state index in [1.807, 2.05) is 30.3 Å². The van der Waals surface area contributed by atoms with Gasteiger partial charge in [-0.05, 0) is 43.5 Å². The average molecular weight is 423 g/mol. The van der Waals surface area contributed by atoms with E-state index in [0.29, 0.717) is 17.7 Å². The first-order valence-electron chi connectivity index (χ1n) is 9.84. The summed E-state index contributed by atoms with van der Waals surface area (Å²) in [6, 6.07) is 14.9. The molecule has 0 spiro atoms. The molecule has 0 saturated carbocycles. The Balaban J connectivity index is 1.50. The summed E-state index contributed by atoms with van der Waals surface area (Å²) in [5.74, 6) is -0.517. The minimum Gasteiger partial charge on any atom is -0.441 e. The lowest BCUT2D eigenvalue weighted by Gasteiger charge is -2.28. The first kappa shape index (κ1) is 20.5. The molecule has 0 aromatic heterocycles. The average Bonchev–Trinajstić information content (AvgIpc) is 3.31. The van der Waals surface area contributed by atoms with Gasteiger partial charge in [0.15, 0.2) is 0 Å². The third kappa shape index (κ3) is 3.98. The number of nitrogens with zero attached hydrogens (tertiary/aromatic N) is 3. The SMILES string of the molecule is CC1(C)OC(=O)N(C(=O)[C@H]2CC(c3ccc([N+](=O)[O-])cc3)=NO2)[C@H]1Cc1ccccc1. The van der Waals surface area contributed by atoms with Crippen molar-refractivity contribution in [1.82, 2.24) is 4.90 Å². The second-order valence-electron chi connectivity index (χ2n) is 8.03. The molecule has 9 nitrogen and oxygen atoms in total. The Kier molecular flexibility index (Phi) is 5.18. The minimum absolute atomic E-state index is 0.0401. The number of hydrogen-bond donors (Lipinski definition) is 0. The van der Waals surface area contributed by atoms with Crippen molar-refractivity contribution in [3.63, 3.8) is 0 Å². The van der Waals surface area contributed by atoms with Crippen LogP contribution in [0.15, 0.2) is 59.8 Å². The molecule has 1 saturated heterocycles. The van der Waals surface area contributed by atoms with E-state index >= 15 is 0 Å². The molecule has 0 N–H and O–H groups in total. The molecule has 2 heterocycles. The molecule has 0 radical (unpaired) electrons. The van der Waals surface area contributed by atoms with Crippen LogP contribution in [0.4, 0.5) is 10.5 Å². The predicted molar refractivity (Wildman–Crippen MR) is 110 cm³/mol. The van der Waals surface area contributed by atoms with Crippen LogP contribution in [0.1, 0.15) is 31.4 Å². The fraction of sp³-hybridized carbons (Fsp3) is 0.318. The molecule has 31 heavy (non-hydrogen) atoms. The van der Waals surface area contributed by atoms with Crippen LogP contribution in [-0.2, 0) is 20.8 Å². The number of amides is 2. The molecular weight excluding hydrogens is 402 g/mol. The zero-order valence-electron chi connectivity index (χ0n) is 17.1. The quantitative estimate of drug-likeness (QED) is 0.538. The highest BCUT2D eigenvalue weighted by atomic mass is 16.7. The molecule has 2 aliphatic heterocycles. The van der Waals surface area contributed by atoms with Gasteiger partial charge in [-0.15, -0.1) is 0 Å². The van der Waals surface area contributed by atoms with E-state index in [1.54, 1.807) is 26.0 Å². The highest BCUT2D eigenvalue weighted by molar-refractivity contribution is 6.06. The lowest BCUT2D eigenvalue weighted by molar-refractivity contribution is -0.384. The van der Waals surface area contributed by atoms with E-state index in [2.05, 4.69) is 5.16 Å². The summed E-state index contributed by atoms with van der Waals surface area (Å²) in [5, 5.41) is 14.8. The second-order valence-corrected chi connectivity index (χ2v) is 8.03. The molecule has 2 aliphatic rings. The lowest BCUT2D eigenvalue weighted by Crippen LogP contribution is -2.49. The summed E-state index contributed by atoms with van der Waals surface area (Å²) < 4.78 is 5.48. The zero-order chi connectivity index (χ0) is 22.2. The third-order valence-electron chi connectivity index (χ3n) is 5.53. The lowest BCUT2D eigenvalue weighted by atomic mass is 9.91. The van der Waals surface area contributed by atoms with E-state index < -0.39 is 34.7 Å². The summed E-state index contributed by atoms with van der Waals surface area (Å²) in [4.78, 5) is 42.6. The van der Waals surface area contributed by atoms with Crippen molar-refractivity contribution in [3.8, 4) is 0 Å². The van der Waals surface area contributed by atoms with Gasteiger partial charge in [-0.1, -0.05) is 35.5 Å². The monoisotopic (exact) mass is 423 g/mol. The Hall–Kier alpha value is -3.75. The number of benzene rings is 2. The molecule has 4 rings (SSSR count). The van der Waals surface area contributed by atoms with Crippen LogP contribution >= 0.6 is 0 Å². The Morgan fingerprint density at radius 2 is 1.87 bits per heavy atom. The van der Waals surface area contributed by atoms with Gasteiger partial charge in [0.2, 0.25) is 6.10 Å². The van der Waals surface area contributed by atoms with Crippen molar-refractivity contribution in [2.75, 3.05) is 0 Å². The Morgan fingerprint density at radius 1 is 1.19 bits per heavy atom.